The molecule has 3 aliphatic rings. The maximum absolute atomic E-state index is 16.5. The number of piperidine rings is 1. The van der Waals surface area contributed by atoms with E-state index in [1.807, 2.05) is 39.0 Å². The van der Waals surface area contributed by atoms with Crippen molar-refractivity contribution in [3.05, 3.63) is 89.1 Å². The number of aromatic amines is 1. The van der Waals surface area contributed by atoms with Crippen molar-refractivity contribution >= 4 is 51.0 Å². The van der Waals surface area contributed by atoms with Crippen molar-refractivity contribution in [2.75, 3.05) is 56.2 Å². The van der Waals surface area contributed by atoms with Gasteiger partial charge in [-0.05, 0) is 73.7 Å². The van der Waals surface area contributed by atoms with Crippen LogP contribution < -0.4 is 25.2 Å². The number of methoxy groups -OCH3 is 1. The van der Waals surface area contributed by atoms with Gasteiger partial charge in [-0.1, -0.05) is 44.1 Å². The Morgan fingerprint density at radius 1 is 1.02 bits per heavy atom. The molecule has 3 aliphatic heterocycles. The Hall–Kier alpha value is -6.42. The summed E-state index contributed by atoms with van der Waals surface area (Å²) in [5.41, 5.74) is 5.82. The maximum atomic E-state index is 16.5. The number of nitrogens with zero attached hydrogens (tertiary/aromatic N) is 7. The summed E-state index contributed by atoms with van der Waals surface area (Å²) >= 11 is 0. The molecule has 322 valence electrons. The zero-order chi connectivity index (χ0) is 43.4. The number of halogens is 1. The summed E-state index contributed by atoms with van der Waals surface area (Å²) in [5.74, 6) is -0.718. The van der Waals surface area contributed by atoms with Crippen LogP contribution in [-0.2, 0) is 15.0 Å². The van der Waals surface area contributed by atoms with Crippen LogP contribution in [0.1, 0.15) is 92.1 Å². The molecule has 0 radical (unpaired) electrons. The maximum Gasteiger partial charge on any atom is 0.315 e. The molecule has 15 nitrogen and oxygen atoms in total. The van der Waals surface area contributed by atoms with E-state index < -0.39 is 17.8 Å². The number of anilines is 2. The molecule has 0 bridgehead atoms. The van der Waals surface area contributed by atoms with E-state index in [2.05, 4.69) is 68.6 Å². The lowest BCUT2D eigenvalue weighted by Crippen LogP contribution is -2.51. The van der Waals surface area contributed by atoms with Crippen LogP contribution in [0.3, 0.4) is 0 Å². The van der Waals surface area contributed by atoms with E-state index in [9.17, 15) is 14.4 Å². The highest BCUT2D eigenvalue weighted by Gasteiger charge is 2.33. The number of benzene rings is 3. The average Bonchev–Trinajstić information content (AvgIpc) is 4.04. The van der Waals surface area contributed by atoms with E-state index in [0.717, 1.165) is 73.5 Å². The van der Waals surface area contributed by atoms with E-state index in [1.54, 1.807) is 33.1 Å². The molecular weight excluding hydrogens is 792 g/mol. The van der Waals surface area contributed by atoms with Crippen LogP contribution in [0.5, 0.6) is 5.75 Å². The summed E-state index contributed by atoms with van der Waals surface area (Å²) in [6, 6.07) is 15.6. The van der Waals surface area contributed by atoms with Gasteiger partial charge in [0.2, 0.25) is 11.8 Å². The van der Waals surface area contributed by atoms with E-state index >= 15 is 4.39 Å². The fourth-order valence-electron chi connectivity index (χ4n) is 9.22. The molecule has 6 aromatic rings. The van der Waals surface area contributed by atoms with Crippen LogP contribution in [0.4, 0.5) is 15.8 Å². The number of aromatic nitrogens is 5. The van der Waals surface area contributed by atoms with Gasteiger partial charge < -0.3 is 29.4 Å². The molecule has 3 fully saturated rings. The molecule has 16 heteroatoms. The molecule has 0 saturated carbocycles. The van der Waals surface area contributed by atoms with Gasteiger partial charge in [-0.3, -0.25) is 24.6 Å². The van der Waals surface area contributed by atoms with E-state index in [-0.39, 0.29) is 29.0 Å². The van der Waals surface area contributed by atoms with Gasteiger partial charge in [0.05, 0.1) is 41.4 Å². The number of carbonyl (C=O) groups excluding carboxylic acids is 3. The van der Waals surface area contributed by atoms with Gasteiger partial charge in [-0.2, -0.15) is 4.98 Å². The molecule has 9 rings (SSSR count). The molecule has 3 saturated heterocycles. The van der Waals surface area contributed by atoms with Gasteiger partial charge in [-0.15, -0.1) is 0 Å². The van der Waals surface area contributed by atoms with E-state index in [1.165, 1.54) is 6.33 Å². The Morgan fingerprint density at radius 3 is 2.56 bits per heavy atom. The highest BCUT2D eigenvalue weighted by molar-refractivity contribution is 6.13. The number of hydrogen-bond donors (Lipinski definition) is 3. The van der Waals surface area contributed by atoms with Crippen molar-refractivity contribution in [3.8, 4) is 17.0 Å². The number of carbonyl (C=O) groups is 3. The first kappa shape index (κ1) is 41.0. The second kappa shape index (κ2) is 16.1. The molecule has 3 N–H and O–H groups in total. The van der Waals surface area contributed by atoms with Crippen molar-refractivity contribution in [1.29, 1.82) is 0 Å². The average molecular weight is 843 g/mol. The van der Waals surface area contributed by atoms with Crippen molar-refractivity contribution in [3.63, 3.8) is 0 Å². The third-order valence-electron chi connectivity index (χ3n) is 12.7. The van der Waals surface area contributed by atoms with Crippen LogP contribution in [0, 0.1) is 12.7 Å². The summed E-state index contributed by atoms with van der Waals surface area (Å²) in [6.45, 7) is 14.5. The van der Waals surface area contributed by atoms with Gasteiger partial charge >= 0.3 is 11.8 Å². The lowest BCUT2D eigenvalue weighted by atomic mass is 9.90. The topological polar surface area (TPSA) is 175 Å². The summed E-state index contributed by atoms with van der Waals surface area (Å²) < 4.78 is 27.7. The first-order valence-corrected chi connectivity index (χ1v) is 21.2. The lowest BCUT2D eigenvalue weighted by Gasteiger charge is -2.39. The van der Waals surface area contributed by atoms with Crippen molar-refractivity contribution in [2.24, 2.45) is 0 Å². The fourth-order valence-corrected chi connectivity index (χ4v) is 9.22. The number of hydrogen-bond acceptors (Lipinski definition) is 12. The van der Waals surface area contributed by atoms with Crippen LogP contribution in [0.25, 0.3) is 33.2 Å². The standard InChI is InChI=1S/C46H51FN10O5/c1-25-30(26(2)50-43(60)44-53-45(54-62-44)46(3,4)5)10-11-32(39(25)47)40-38-33-21-36(61-6)35(22-34(33)51-41(38)49-24-48-40)56-18-16-55(17-19-56)29-14-15-57(23-29)28-9-7-8-27(20-28)31-12-13-37(58)52-42(31)59/h7-11,20-22,24,26,29,31H,12-19,23H2,1-6H3,(H,50,60)(H,48,49,51)(H,52,58,59)/t26-,29?,31?/m1/s1. The summed E-state index contributed by atoms with van der Waals surface area (Å²) in [5, 5.41) is 10.8. The van der Waals surface area contributed by atoms with Gasteiger partial charge in [0.15, 0.2) is 5.82 Å². The highest BCUT2D eigenvalue weighted by atomic mass is 19.1. The molecule has 3 aromatic carbocycles. The fraction of sp³-hybridized carbons (Fsp3) is 0.413. The predicted molar refractivity (Wildman–Crippen MR) is 233 cm³/mol. The van der Waals surface area contributed by atoms with Crippen molar-refractivity contribution in [1.82, 2.24) is 40.6 Å². The predicted octanol–water partition coefficient (Wildman–Crippen LogP) is 6.33. The Labute approximate surface area is 358 Å². The van der Waals surface area contributed by atoms with E-state index in [4.69, 9.17) is 9.26 Å². The minimum atomic E-state index is -0.553. The number of rotatable bonds is 9. The number of H-pyrrole nitrogens is 1. The largest absolute Gasteiger partial charge is 0.495 e. The number of nitrogens with one attached hydrogen (secondary N) is 3. The molecule has 2 unspecified atom stereocenters. The van der Waals surface area contributed by atoms with Crippen LogP contribution >= 0.6 is 0 Å². The Kier molecular flexibility index (Phi) is 10.7. The quantitative estimate of drug-likeness (QED) is 0.138. The van der Waals surface area contributed by atoms with Crippen molar-refractivity contribution in [2.45, 2.75) is 77.3 Å². The molecule has 3 amide bonds. The number of piperazine rings is 1. The summed E-state index contributed by atoms with van der Waals surface area (Å²) in [4.78, 5) is 61.5. The van der Waals surface area contributed by atoms with Crippen LogP contribution in [0.2, 0.25) is 0 Å². The van der Waals surface area contributed by atoms with Gasteiger partial charge in [-0.25, -0.2) is 14.4 Å². The number of ether oxygens (including phenoxy) is 1. The zero-order valence-corrected chi connectivity index (χ0v) is 35.8. The molecule has 3 atom stereocenters. The number of amides is 3. The second-order valence-electron chi connectivity index (χ2n) is 17.7. The Balaban J connectivity index is 0.898. The molecule has 6 heterocycles. The monoisotopic (exact) mass is 842 g/mol. The number of imide groups is 1. The van der Waals surface area contributed by atoms with Crippen LogP contribution in [-0.4, -0.2) is 100 Å². The normalized spacial score (nSPS) is 19.3. The smallest absolute Gasteiger partial charge is 0.315 e. The zero-order valence-electron chi connectivity index (χ0n) is 35.8. The Bertz CT molecular complexity index is 2720. The second-order valence-corrected chi connectivity index (χ2v) is 17.7. The molecule has 0 aliphatic carbocycles. The minimum absolute atomic E-state index is 0.148. The SMILES string of the molecule is COc1cc2c(cc1N1CCN(C3CCN(c4cccc(C5CCC(=O)NC5=O)c4)C3)CC1)[nH]c1ncnc(-c3ccc([C@@H](C)NC(=O)c4nc(C(C)(C)C)no4)c(C)c3F)c12. The lowest BCUT2D eigenvalue weighted by molar-refractivity contribution is -0.134. The first-order valence-electron chi connectivity index (χ1n) is 21.2. The van der Waals surface area contributed by atoms with Gasteiger partial charge in [0.1, 0.15) is 23.5 Å². The minimum Gasteiger partial charge on any atom is -0.495 e. The molecular formula is C46H51FN10O5. The molecule has 62 heavy (non-hydrogen) atoms. The Morgan fingerprint density at radius 2 is 1.82 bits per heavy atom. The van der Waals surface area contributed by atoms with Gasteiger partial charge in [0.25, 0.3) is 0 Å². The third kappa shape index (κ3) is 7.60. The van der Waals surface area contributed by atoms with Crippen LogP contribution in [0.15, 0.2) is 59.4 Å². The van der Waals surface area contributed by atoms with E-state index in [0.29, 0.717) is 63.9 Å². The summed E-state index contributed by atoms with van der Waals surface area (Å²) in [6.07, 6.45) is 3.39. The first-order chi connectivity index (χ1) is 29.8. The highest BCUT2D eigenvalue weighted by Crippen LogP contribution is 2.41. The third-order valence-corrected chi connectivity index (χ3v) is 12.7. The number of fused-ring (bicyclic) bond motifs is 3. The molecule has 3 aromatic heterocycles. The van der Waals surface area contributed by atoms with Gasteiger partial charge in [0, 0.05) is 73.8 Å². The summed E-state index contributed by atoms with van der Waals surface area (Å²) in [7, 11) is 1.67. The van der Waals surface area contributed by atoms with Crippen molar-refractivity contribution < 1.29 is 28.0 Å². The molecule has 0 spiro atoms.